The second-order valence-corrected chi connectivity index (χ2v) is 7.80. The molecule has 0 radical (unpaired) electrons. The van der Waals surface area contributed by atoms with Crippen molar-refractivity contribution in [1.82, 2.24) is 9.97 Å². The number of carbonyl (C=O) groups is 1. The van der Waals surface area contributed by atoms with Gasteiger partial charge in [-0.05, 0) is 61.9 Å². The van der Waals surface area contributed by atoms with E-state index in [9.17, 15) is 9.90 Å². The number of phenolic OH excluding ortho intramolecular Hbond substituents is 1. The Morgan fingerprint density at radius 3 is 2.47 bits per heavy atom. The van der Waals surface area contributed by atoms with Crippen LogP contribution in [0.2, 0.25) is 0 Å². The Morgan fingerprint density at radius 1 is 1.00 bits per heavy atom. The maximum atomic E-state index is 12.2. The van der Waals surface area contributed by atoms with E-state index in [1.54, 1.807) is 24.5 Å². The van der Waals surface area contributed by atoms with E-state index in [0.29, 0.717) is 29.9 Å². The Balaban J connectivity index is 1.61. The Hall–Kier alpha value is -3.97. The summed E-state index contributed by atoms with van der Waals surface area (Å²) in [5, 5.41) is 15.5. The highest BCUT2D eigenvalue weighted by Crippen LogP contribution is 2.36. The fourth-order valence-electron chi connectivity index (χ4n) is 3.71. The number of aryl methyl sites for hydroxylation is 1. The number of hydrogen-bond donors (Lipinski definition) is 2. The van der Waals surface area contributed by atoms with Gasteiger partial charge in [-0.3, -0.25) is 4.98 Å². The molecule has 1 unspecified atom stereocenters. The minimum Gasteiger partial charge on any atom is -0.505 e. The van der Waals surface area contributed by atoms with Crippen LogP contribution < -0.4 is 5.32 Å². The lowest BCUT2D eigenvalue weighted by Gasteiger charge is -2.22. The molecule has 2 aromatic heterocycles. The van der Waals surface area contributed by atoms with Crippen LogP contribution in [-0.4, -0.2) is 40.9 Å². The molecule has 7 nitrogen and oxygen atoms in total. The van der Waals surface area contributed by atoms with E-state index in [1.807, 2.05) is 62.4 Å². The summed E-state index contributed by atoms with van der Waals surface area (Å²) in [6.45, 7) is 4.96. The number of nitrogens with one attached hydrogen (secondary N) is 1. The van der Waals surface area contributed by atoms with Gasteiger partial charge in [0, 0.05) is 41.3 Å². The highest BCUT2D eigenvalue weighted by molar-refractivity contribution is 5.90. The predicted octanol–water partition coefficient (Wildman–Crippen LogP) is 5.04. The zero-order chi connectivity index (χ0) is 23.9. The summed E-state index contributed by atoms with van der Waals surface area (Å²) in [4.78, 5) is 20.9. The van der Waals surface area contributed by atoms with Crippen LogP contribution >= 0.6 is 0 Å². The number of anilines is 1. The molecule has 0 aliphatic carbocycles. The molecule has 0 amide bonds. The fourth-order valence-corrected chi connectivity index (χ4v) is 3.71. The van der Waals surface area contributed by atoms with Crippen molar-refractivity contribution in [3.05, 3.63) is 95.4 Å². The minimum absolute atomic E-state index is 0.130. The van der Waals surface area contributed by atoms with Gasteiger partial charge in [0.1, 0.15) is 17.9 Å². The first-order valence-electron chi connectivity index (χ1n) is 11.2. The van der Waals surface area contributed by atoms with Gasteiger partial charge < -0.3 is 19.9 Å². The van der Waals surface area contributed by atoms with E-state index < -0.39 is 5.97 Å². The van der Waals surface area contributed by atoms with Gasteiger partial charge in [-0.15, -0.1) is 0 Å². The molecule has 7 heteroatoms. The Morgan fingerprint density at radius 2 is 1.74 bits per heavy atom. The number of esters is 1. The van der Waals surface area contributed by atoms with E-state index in [-0.39, 0.29) is 18.4 Å². The molecule has 0 bridgehead atoms. The third kappa shape index (κ3) is 5.32. The van der Waals surface area contributed by atoms with Crippen molar-refractivity contribution in [1.29, 1.82) is 0 Å². The molecular formula is C27H27N3O4. The summed E-state index contributed by atoms with van der Waals surface area (Å²) in [6, 6.07) is 18.2. The standard InChI is InChI=1S/C27H27N3O4/c1-3-33-16-17-34-27(32)21-6-9-22(10-7-21)30-24(20-12-14-28-15-13-20)23-11-8-19-5-4-18(2)29-25(19)26(23)31/h4-15,24,30-31H,3,16-17H2,1-2H3. The third-order valence-corrected chi connectivity index (χ3v) is 5.45. The van der Waals surface area contributed by atoms with E-state index in [1.165, 1.54) is 0 Å². The lowest BCUT2D eigenvalue weighted by atomic mass is 9.96. The second-order valence-electron chi connectivity index (χ2n) is 7.80. The Kier molecular flexibility index (Phi) is 7.34. The number of nitrogens with zero attached hydrogens (tertiary/aromatic N) is 2. The molecule has 4 rings (SSSR count). The molecule has 2 N–H and O–H groups in total. The van der Waals surface area contributed by atoms with Gasteiger partial charge in [-0.2, -0.15) is 0 Å². The van der Waals surface area contributed by atoms with Crippen molar-refractivity contribution in [2.45, 2.75) is 19.9 Å². The number of hydrogen-bond acceptors (Lipinski definition) is 7. The average molecular weight is 458 g/mol. The number of aromatic nitrogens is 2. The number of phenols is 1. The number of benzene rings is 2. The molecule has 2 heterocycles. The van der Waals surface area contributed by atoms with Crippen molar-refractivity contribution in [2.24, 2.45) is 0 Å². The van der Waals surface area contributed by atoms with Gasteiger partial charge >= 0.3 is 5.97 Å². The number of pyridine rings is 2. The van der Waals surface area contributed by atoms with Crippen LogP contribution in [0.1, 0.15) is 40.1 Å². The van der Waals surface area contributed by atoms with E-state index >= 15 is 0 Å². The third-order valence-electron chi connectivity index (χ3n) is 5.45. The van der Waals surface area contributed by atoms with Crippen LogP contribution in [-0.2, 0) is 9.47 Å². The van der Waals surface area contributed by atoms with E-state index in [4.69, 9.17) is 9.47 Å². The first-order chi connectivity index (χ1) is 16.6. The Labute approximate surface area is 198 Å². The molecule has 1 atom stereocenters. The van der Waals surface area contributed by atoms with Crippen LogP contribution in [0.15, 0.2) is 73.1 Å². The minimum atomic E-state index is -0.398. The number of fused-ring (bicyclic) bond motifs is 1. The van der Waals surface area contributed by atoms with Crippen LogP contribution in [0.5, 0.6) is 5.75 Å². The van der Waals surface area contributed by atoms with Crippen LogP contribution in [0.4, 0.5) is 5.69 Å². The van der Waals surface area contributed by atoms with Crippen molar-refractivity contribution < 1.29 is 19.4 Å². The molecule has 0 aliphatic heterocycles. The molecule has 0 aliphatic rings. The second kappa shape index (κ2) is 10.8. The lowest BCUT2D eigenvalue weighted by molar-refractivity contribution is 0.0335. The van der Waals surface area contributed by atoms with Gasteiger partial charge in [-0.25, -0.2) is 9.78 Å². The smallest absolute Gasteiger partial charge is 0.338 e. The van der Waals surface area contributed by atoms with Gasteiger partial charge in [0.25, 0.3) is 0 Å². The summed E-state index contributed by atoms with van der Waals surface area (Å²) >= 11 is 0. The molecular weight excluding hydrogens is 430 g/mol. The summed E-state index contributed by atoms with van der Waals surface area (Å²) in [5.41, 5.74) is 4.24. The van der Waals surface area contributed by atoms with Crippen molar-refractivity contribution in [3.8, 4) is 5.75 Å². The fraction of sp³-hybridized carbons (Fsp3) is 0.222. The first kappa shape index (κ1) is 23.2. The molecule has 0 fully saturated rings. The number of ether oxygens (including phenoxy) is 2. The molecule has 0 saturated heterocycles. The molecule has 174 valence electrons. The average Bonchev–Trinajstić information content (AvgIpc) is 2.87. The summed E-state index contributed by atoms with van der Waals surface area (Å²) in [5.74, 6) is -0.268. The maximum Gasteiger partial charge on any atom is 0.338 e. The topological polar surface area (TPSA) is 93.6 Å². The van der Waals surface area contributed by atoms with Gasteiger partial charge in [0.05, 0.1) is 18.2 Å². The summed E-state index contributed by atoms with van der Waals surface area (Å²) < 4.78 is 10.4. The first-order valence-corrected chi connectivity index (χ1v) is 11.2. The van der Waals surface area contributed by atoms with Crippen molar-refractivity contribution >= 4 is 22.6 Å². The zero-order valence-corrected chi connectivity index (χ0v) is 19.2. The number of rotatable bonds is 9. The van der Waals surface area contributed by atoms with Gasteiger partial charge in [-0.1, -0.05) is 18.2 Å². The predicted molar refractivity (Wildman–Crippen MR) is 131 cm³/mol. The molecule has 34 heavy (non-hydrogen) atoms. The van der Waals surface area contributed by atoms with Gasteiger partial charge in [0.15, 0.2) is 0 Å². The van der Waals surface area contributed by atoms with Crippen molar-refractivity contribution in [2.75, 3.05) is 25.1 Å². The van der Waals surface area contributed by atoms with Crippen LogP contribution in [0, 0.1) is 6.92 Å². The van der Waals surface area contributed by atoms with E-state index in [2.05, 4.69) is 15.3 Å². The quantitative estimate of drug-likeness (QED) is 0.269. The van der Waals surface area contributed by atoms with Crippen LogP contribution in [0.25, 0.3) is 10.9 Å². The number of carbonyl (C=O) groups excluding carboxylic acids is 1. The monoisotopic (exact) mass is 457 g/mol. The molecule has 0 saturated carbocycles. The largest absolute Gasteiger partial charge is 0.505 e. The molecule has 4 aromatic rings. The van der Waals surface area contributed by atoms with E-state index in [0.717, 1.165) is 22.3 Å². The van der Waals surface area contributed by atoms with Crippen LogP contribution in [0.3, 0.4) is 0 Å². The summed E-state index contributed by atoms with van der Waals surface area (Å²) in [6.07, 6.45) is 3.43. The highest BCUT2D eigenvalue weighted by Gasteiger charge is 2.20. The maximum absolute atomic E-state index is 12.2. The molecule has 0 spiro atoms. The van der Waals surface area contributed by atoms with Gasteiger partial charge in [0.2, 0.25) is 0 Å². The normalized spacial score (nSPS) is 11.8. The van der Waals surface area contributed by atoms with Crippen molar-refractivity contribution in [3.63, 3.8) is 0 Å². The summed E-state index contributed by atoms with van der Waals surface area (Å²) in [7, 11) is 0. The SMILES string of the molecule is CCOCCOC(=O)c1ccc(NC(c2ccncc2)c2ccc3ccc(C)nc3c2O)cc1. The Bertz CT molecular complexity index is 1260. The zero-order valence-electron chi connectivity index (χ0n) is 19.2. The lowest BCUT2D eigenvalue weighted by Crippen LogP contribution is -2.14. The number of aromatic hydroxyl groups is 1. The molecule has 2 aromatic carbocycles. The highest BCUT2D eigenvalue weighted by atomic mass is 16.6.